The molecule has 1 aliphatic heterocycles. The number of hydrogen-bond donors (Lipinski definition) is 1. The summed E-state index contributed by atoms with van der Waals surface area (Å²) in [6.45, 7) is 2.13. The van der Waals surface area contributed by atoms with Crippen molar-refractivity contribution in [2.75, 3.05) is 19.3 Å². The van der Waals surface area contributed by atoms with Gasteiger partial charge in [0.2, 0.25) is 10.0 Å². The van der Waals surface area contributed by atoms with Crippen molar-refractivity contribution >= 4 is 21.1 Å². The van der Waals surface area contributed by atoms with Crippen LogP contribution in [-0.2, 0) is 16.6 Å². The average Bonchev–Trinajstić information content (AvgIpc) is 3.24. The Kier molecular flexibility index (Phi) is 4.09. The molecule has 0 spiro atoms. The molecular weight excluding hydrogens is 338 g/mol. The molecule has 1 fully saturated rings. The molecule has 1 N–H and O–H groups in total. The maximum Gasteiger partial charge on any atom is 0.211 e. The van der Waals surface area contributed by atoms with Gasteiger partial charge in [0, 0.05) is 37.6 Å². The minimum atomic E-state index is -3.06. The van der Waals surface area contributed by atoms with E-state index in [0.717, 1.165) is 41.7 Å². The maximum absolute atomic E-state index is 11.6. The van der Waals surface area contributed by atoms with Crippen LogP contribution in [0.2, 0.25) is 0 Å². The van der Waals surface area contributed by atoms with Gasteiger partial charge in [0.25, 0.3) is 0 Å². The lowest BCUT2D eigenvalue weighted by Gasteiger charge is -2.30. The highest BCUT2D eigenvalue weighted by atomic mass is 32.2. The van der Waals surface area contributed by atoms with Crippen molar-refractivity contribution in [3.05, 3.63) is 36.8 Å². The lowest BCUT2D eigenvalue weighted by molar-refractivity contribution is 0.256. The van der Waals surface area contributed by atoms with E-state index in [0.29, 0.717) is 19.0 Å². The quantitative estimate of drug-likeness (QED) is 0.773. The van der Waals surface area contributed by atoms with Crippen LogP contribution in [0.3, 0.4) is 0 Å². The number of rotatable bonds is 4. The minimum Gasteiger partial charge on any atom is -0.346 e. The Balaban J connectivity index is 1.49. The molecule has 0 atom stereocenters. The number of aromatic nitrogens is 4. The third-order valence-corrected chi connectivity index (χ3v) is 6.22. The fourth-order valence-corrected chi connectivity index (χ4v) is 4.36. The van der Waals surface area contributed by atoms with Crippen molar-refractivity contribution in [2.45, 2.75) is 19.4 Å². The summed E-state index contributed by atoms with van der Waals surface area (Å²) in [5, 5.41) is 6.78. The topological polar surface area (TPSA) is 83.9 Å². The van der Waals surface area contributed by atoms with E-state index in [-0.39, 0.29) is 0 Å². The van der Waals surface area contributed by atoms with Gasteiger partial charge < -0.3 is 4.57 Å². The molecule has 4 rings (SSSR count). The zero-order valence-electron chi connectivity index (χ0n) is 14.1. The summed E-state index contributed by atoms with van der Waals surface area (Å²) in [5.41, 5.74) is 3.95. The van der Waals surface area contributed by atoms with Gasteiger partial charge in [0.1, 0.15) is 0 Å². The SMILES string of the molecule is CS(=O)(=O)N1CCC(Cn2ccc3nc(-c4cn[nH]c4)ccc32)CC1. The van der Waals surface area contributed by atoms with Crippen molar-refractivity contribution in [1.29, 1.82) is 0 Å². The van der Waals surface area contributed by atoms with Gasteiger partial charge in [-0.25, -0.2) is 17.7 Å². The number of H-pyrrole nitrogens is 1. The van der Waals surface area contributed by atoms with E-state index in [1.165, 1.54) is 6.26 Å². The molecule has 25 heavy (non-hydrogen) atoms. The van der Waals surface area contributed by atoms with E-state index in [1.807, 2.05) is 18.3 Å². The van der Waals surface area contributed by atoms with Crippen LogP contribution in [0, 0.1) is 5.92 Å². The van der Waals surface area contributed by atoms with E-state index in [2.05, 4.69) is 27.0 Å². The molecule has 7 nitrogen and oxygen atoms in total. The molecule has 4 heterocycles. The van der Waals surface area contributed by atoms with Gasteiger partial charge in [0.05, 0.1) is 29.2 Å². The number of pyridine rings is 1. The van der Waals surface area contributed by atoms with Gasteiger partial charge in [-0.3, -0.25) is 5.10 Å². The number of sulfonamides is 1. The molecule has 3 aromatic rings. The van der Waals surface area contributed by atoms with Crippen LogP contribution in [-0.4, -0.2) is 51.8 Å². The monoisotopic (exact) mass is 359 g/mol. The van der Waals surface area contributed by atoms with Crippen LogP contribution in [0.5, 0.6) is 0 Å². The van der Waals surface area contributed by atoms with Crippen molar-refractivity contribution in [3.8, 4) is 11.3 Å². The molecule has 0 unspecified atom stereocenters. The number of nitrogens with zero attached hydrogens (tertiary/aromatic N) is 4. The molecule has 0 aliphatic carbocycles. The third-order valence-electron chi connectivity index (χ3n) is 4.92. The van der Waals surface area contributed by atoms with E-state index in [4.69, 9.17) is 4.98 Å². The van der Waals surface area contributed by atoms with Gasteiger partial charge in [-0.05, 0) is 37.0 Å². The third kappa shape index (κ3) is 3.32. The van der Waals surface area contributed by atoms with Crippen LogP contribution in [0.4, 0.5) is 0 Å². The minimum absolute atomic E-state index is 0.488. The van der Waals surface area contributed by atoms with Gasteiger partial charge in [-0.1, -0.05) is 0 Å². The van der Waals surface area contributed by atoms with Crippen LogP contribution in [0.25, 0.3) is 22.3 Å². The smallest absolute Gasteiger partial charge is 0.211 e. The van der Waals surface area contributed by atoms with Gasteiger partial charge in [-0.15, -0.1) is 0 Å². The van der Waals surface area contributed by atoms with Gasteiger partial charge >= 0.3 is 0 Å². The normalized spacial score (nSPS) is 17.3. The van der Waals surface area contributed by atoms with Crippen molar-refractivity contribution in [3.63, 3.8) is 0 Å². The Morgan fingerprint density at radius 1 is 1.24 bits per heavy atom. The highest BCUT2D eigenvalue weighted by Gasteiger charge is 2.25. The fraction of sp³-hybridized carbons (Fsp3) is 0.412. The zero-order valence-corrected chi connectivity index (χ0v) is 14.9. The van der Waals surface area contributed by atoms with Gasteiger partial charge in [0.15, 0.2) is 0 Å². The lowest BCUT2D eigenvalue weighted by atomic mass is 9.98. The van der Waals surface area contributed by atoms with Gasteiger partial charge in [-0.2, -0.15) is 5.10 Å². The first-order valence-electron chi connectivity index (χ1n) is 8.41. The predicted octanol–water partition coefficient (Wildman–Crippen LogP) is 2.10. The Morgan fingerprint density at radius 3 is 2.72 bits per heavy atom. The summed E-state index contributed by atoms with van der Waals surface area (Å²) in [6, 6.07) is 6.14. The number of hydrogen-bond acceptors (Lipinski definition) is 4. The molecule has 0 bridgehead atoms. The van der Waals surface area contributed by atoms with Crippen molar-refractivity contribution in [1.82, 2.24) is 24.1 Å². The Morgan fingerprint density at radius 2 is 2.04 bits per heavy atom. The second kappa shape index (κ2) is 6.27. The number of piperidine rings is 1. The summed E-state index contributed by atoms with van der Waals surface area (Å²) in [7, 11) is -3.06. The van der Waals surface area contributed by atoms with Crippen molar-refractivity contribution in [2.24, 2.45) is 5.92 Å². The molecule has 1 saturated heterocycles. The van der Waals surface area contributed by atoms with E-state index in [9.17, 15) is 8.42 Å². The second-order valence-corrected chi connectivity index (χ2v) is 8.64. The number of fused-ring (bicyclic) bond motifs is 1. The van der Waals surface area contributed by atoms with Crippen LogP contribution in [0.15, 0.2) is 36.8 Å². The van der Waals surface area contributed by atoms with Crippen LogP contribution in [0.1, 0.15) is 12.8 Å². The molecular formula is C17H21N5O2S. The highest BCUT2D eigenvalue weighted by molar-refractivity contribution is 7.88. The largest absolute Gasteiger partial charge is 0.346 e. The molecule has 0 amide bonds. The molecule has 0 aromatic carbocycles. The average molecular weight is 359 g/mol. The van der Waals surface area contributed by atoms with E-state index >= 15 is 0 Å². The summed E-state index contributed by atoms with van der Waals surface area (Å²) in [6.07, 6.45) is 8.75. The summed E-state index contributed by atoms with van der Waals surface area (Å²) in [5.74, 6) is 0.488. The first-order valence-corrected chi connectivity index (χ1v) is 10.3. The lowest BCUT2D eigenvalue weighted by Crippen LogP contribution is -2.38. The zero-order chi connectivity index (χ0) is 17.4. The molecule has 8 heteroatoms. The summed E-state index contributed by atoms with van der Waals surface area (Å²) >= 11 is 0. The van der Waals surface area contributed by atoms with Crippen LogP contribution < -0.4 is 0 Å². The first-order chi connectivity index (χ1) is 12.0. The molecule has 3 aromatic heterocycles. The van der Waals surface area contributed by atoms with Crippen molar-refractivity contribution < 1.29 is 8.42 Å². The molecule has 0 saturated carbocycles. The maximum atomic E-state index is 11.6. The number of aromatic amines is 1. The molecule has 132 valence electrons. The first kappa shape index (κ1) is 16.3. The Bertz CT molecular complexity index is 970. The van der Waals surface area contributed by atoms with Crippen LogP contribution >= 0.6 is 0 Å². The highest BCUT2D eigenvalue weighted by Crippen LogP contribution is 2.25. The molecule has 0 radical (unpaired) electrons. The predicted molar refractivity (Wildman–Crippen MR) is 96.5 cm³/mol. The van der Waals surface area contributed by atoms with E-state index < -0.39 is 10.0 Å². The Labute approximate surface area is 146 Å². The Hall–Kier alpha value is -2.19. The number of nitrogens with one attached hydrogen (secondary N) is 1. The standard InChI is InChI=1S/C17H21N5O2S/c1-25(23,24)22-8-4-13(5-9-22)12-21-7-6-16-17(21)3-2-15(20-16)14-10-18-19-11-14/h2-3,6-7,10-11,13H,4-5,8-9,12H2,1H3,(H,18,19). The summed E-state index contributed by atoms with van der Waals surface area (Å²) < 4.78 is 27.0. The fourth-order valence-electron chi connectivity index (χ4n) is 3.49. The molecule has 1 aliphatic rings. The van der Waals surface area contributed by atoms with E-state index in [1.54, 1.807) is 10.5 Å². The summed E-state index contributed by atoms with van der Waals surface area (Å²) in [4.78, 5) is 4.71. The second-order valence-electron chi connectivity index (χ2n) is 6.66.